The molecule has 5 nitrogen and oxygen atoms in total. The van der Waals surface area contributed by atoms with Crippen LogP contribution < -0.4 is 4.90 Å². The molecule has 0 aliphatic carbocycles. The third kappa shape index (κ3) is 3.26. The van der Waals surface area contributed by atoms with E-state index in [1.54, 1.807) is 6.92 Å². The van der Waals surface area contributed by atoms with Crippen LogP contribution in [0.2, 0.25) is 0 Å². The highest BCUT2D eigenvalue weighted by Crippen LogP contribution is 2.36. The molecule has 2 atom stereocenters. The van der Waals surface area contributed by atoms with E-state index >= 15 is 0 Å². The lowest BCUT2D eigenvalue weighted by Crippen LogP contribution is -2.48. The van der Waals surface area contributed by atoms with Crippen molar-refractivity contribution < 1.29 is 13.2 Å². The molecular weight excluding hydrogens is 392 g/mol. The number of hydrogen-bond donors (Lipinski definition) is 0. The van der Waals surface area contributed by atoms with E-state index in [0.29, 0.717) is 13.1 Å². The zero-order chi connectivity index (χ0) is 17.5. The Morgan fingerprint density at radius 3 is 2.83 bits per heavy atom. The first-order chi connectivity index (χ1) is 11.3. The van der Waals surface area contributed by atoms with Crippen molar-refractivity contribution in [2.45, 2.75) is 39.2 Å². The van der Waals surface area contributed by atoms with Crippen molar-refractivity contribution in [3.05, 3.63) is 28.2 Å². The molecule has 0 saturated carbocycles. The zero-order valence-electron chi connectivity index (χ0n) is 14.0. The van der Waals surface area contributed by atoms with Crippen LogP contribution in [0.4, 0.5) is 5.69 Å². The van der Waals surface area contributed by atoms with Crippen molar-refractivity contribution in [1.29, 1.82) is 0 Å². The molecule has 0 radical (unpaired) electrons. The molecule has 1 fully saturated rings. The molecule has 0 bridgehead atoms. The fourth-order valence-corrected chi connectivity index (χ4v) is 5.30. The molecule has 24 heavy (non-hydrogen) atoms. The molecule has 7 heteroatoms. The molecule has 1 aromatic carbocycles. The maximum atomic E-state index is 13.1. The first-order valence-corrected chi connectivity index (χ1v) is 10.8. The number of piperidine rings is 1. The number of sulfonamides is 1. The van der Waals surface area contributed by atoms with Gasteiger partial charge in [0.15, 0.2) is 0 Å². The average Bonchev–Trinajstić information content (AvgIpc) is 2.89. The van der Waals surface area contributed by atoms with Gasteiger partial charge in [0.2, 0.25) is 15.9 Å². The number of amides is 1. The Hall–Kier alpha value is -0.920. The van der Waals surface area contributed by atoms with Crippen molar-refractivity contribution in [3.8, 4) is 0 Å². The Labute approximate surface area is 152 Å². The van der Waals surface area contributed by atoms with E-state index in [9.17, 15) is 13.2 Å². The number of nitrogens with zero attached hydrogens (tertiary/aromatic N) is 2. The quantitative estimate of drug-likeness (QED) is 0.763. The lowest BCUT2D eigenvalue weighted by atomic mass is 9.97. The van der Waals surface area contributed by atoms with Gasteiger partial charge in [-0.25, -0.2) is 12.7 Å². The van der Waals surface area contributed by atoms with Crippen molar-refractivity contribution in [3.63, 3.8) is 0 Å². The molecule has 0 N–H and O–H groups in total. The Balaban J connectivity index is 1.82. The summed E-state index contributed by atoms with van der Waals surface area (Å²) in [7, 11) is -3.23. The second kappa shape index (κ2) is 6.77. The van der Waals surface area contributed by atoms with Crippen LogP contribution in [0.15, 0.2) is 22.7 Å². The standard InChI is InChI=1S/C17H23BrN2O3S/c1-3-24(22,23)19-8-4-5-13(11-19)17(21)20-12(2)9-14-10-15(18)6-7-16(14)20/h6-7,10,12-13H,3-5,8-9,11H2,1-2H3/t12-,13+/m1/s1. The second-order valence-electron chi connectivity index (χ2n) is 6.63. The molecule has 2 heterocycles. The van der Waals surface area contributed by atoms with Crippen LogP contribution in [0, 0.1) is 5.92 Å². The predicted molar refractivity (Wildman–Crippen MR) is 98.6 cm³/mol. The van der Waals surface area contributed by atoms with Gasteiger partial charge in [0, 0.05) is 29.3 Å². The molecule has 1 amide bonds. The van der Waals surface area contributed by atoms with Gasteiger partial charge >= 0.3 is 0 Å². The monoisotopic (exact) mass is 414 g/mol. The smallest absolute Gasteiger partial charge is 0.231 e. The topological polar surface area (TPSA) is 57.7 Å². The van der Waals surface area contributed by atoms with Gasteiger partial charge in [-0.1, -0.05) is 15.9 Å². The first-order valence-electron chi connectivity index (χ1n) is 8.43. The molecule has 0 aromatic heterocycles. The van der Waals surface area contributed by atoms with Crippen LogP contribution >= 0.6 is 15.9 Å². The zero-order valence-corrected chi connectivity index (χ0v) is 16.4. The maximum absolute atomic E-state index is 13.1. The van der Waals surface area contributed by atoms with Crippen LogP contribution in [0.3, 0.4) is 0 Å². The third-order valence-electron chi connectivity index (χ3n) is 4.99. The highest BCUT2D eigenvalue weighted by atomic mass is 79.9. The van der Waals surface area contributed by atoms with Crippen LogP contribution in [-0.2, 0) is 21.2 Å². The van der Waals surface area contributed by atoms with Gasteiger partial charge in [-0.15, -0.1) is 0 Å². The fourth-order valence-electron chi connectivity index (χ4n) is 3.71. The third-order valence-corrected chi connectivity index (χ3v) is 7.33. The number of fused-ring (bicyclic) bond motifs is 1. The Kier molecular flexibility index (Phi) is 5.04. The summed E-state index contributed by atoms with van der Waals surface area (Å²) >= 11 is 3.48. The summed E-state index contributed by atoms with van der Waals surface area (Å²) in [6.07, 6.45) is 2.33. The fraction of sp³-hybridized carbons (Fsp3) is 0.588. The van der Waals surface area contributed by atoms with E-state index in [1.165, 1.54) is 9.87 Å². The molecule has 3 rings (SSSR count). The molecule has 132 valence electrons. The van der Waals surface area contributed by atoms with E-state index < -0.39 is 10.0 Å². The minimum atomic E-state index is -3.23. The van der Waals surface area contributed by atoms with Gasteiger partial charge in [-0.05, 0) is 56.9 Å². The van der Waals surface area contributed by atoms with Gasteiger partial charge in [0.05, 0.1) is 11.7 Å². The molecule has 1 aromatic rings. The largest absolute Gasteiger partial charge is 0.309 e. The van der Waals surface area contributed by atoms with Crippen LogP contribution in [0.25, 0.3) is 0 Å². The van der Waals surface area contributed by atoms with Gasteiger partial charge < -0.3 is 4.90 Å². The Bertz CT molecular complexity index is 750. The number of hydrogen-bond acceptors (Lipinski definition) is 3. The summed E-state index contributed by atoms with van der Waals surface area (Å²) in [6, 6.07) is 6.10. The first kappa shape index (κ1) is 17.9. The van der Waals surface area contributed by atoms with Crippen LogP contribution in [-0.4, -0.2) is 43.5 Å². The van der Waals surface area contributed by atoms with Crippen LogP contribution in [0.1, 0.15) is 32.3 Å². The van der Waals surface area contributed by atoms with E-state index in [1.807, 2.05) is 17.0 Å². The molecule has 2 aliphatic heterocycles. The SMILES string of the molecule is CCS(=O)(=O)N1CCC[C@H](C(=O)N2c3ccc(Br)cc3C[C@H]2C)C1. The summed E-state index contributed by atoms with van der Waals surface area (Å²) in [6.45, 7) is 4.54. The van der Waals surface area contributed by atoms with E-state index in [-0.39, 0.29) is 23.6 Å². The highest BCUT2D eigenvalue weighted by molar-refractivity contribution is 9.10. The number of anilines is 1. The maximum Gasteiger partial charge on any atom is 0.231 e. The number of carbonyl (C=O) groups is 1. The number of halogens is 1. The van der Waals surface area contributed by atoms with E-state index in [4.69, 9.17) is 0 Å². The molecule has 0 spiro atoms. The van der Waals surface area contributed by atoms with Gasteiger partial charge in [0.25, 0.3) is 0 Å². The Morgan fingerprint density at radius 2 is 2.12 bits per heavy atom. The molecule has 0 unspecified atom stereocenters. The average molecular weight is 415 g/mol. The summed E-state index contributed by atoms with van der Waals surface area (Å²) < 4.78 is 26.8. The molecular formula is C17H23BrN2O3S. The summed E-state index contributed by atoms with van der Waals surface area (Å²) in [5.41, 5.74) is 2.13. The van der Waals surface area contributed by atoms with Crippen molar-refractivity contribution in [2.75, 3.05) is 23.7 Å². The number of benzene rings is 1. The normalized spacial score (nSPS) is 24.9. The van der Waals surface area contributed by atoms with E-state index in [2.05, 4.69) is 28.9 Å². The molecule has 1 saturated heterocycles. The summed E-state index contributed by atoms with van der Waals surface area (Å²) in [5, 5.41) is 0. The molecule has 2 aliphatic rings. The highest BCUT2D eigenvalue weighted by Gasteiger charge is 2.38. The lowest BCUT2D eigenvalue weighted by Gasteiger charge is -2.34. The van der Waals surface area contributed by atoms with E-state index in [0.717, 1.165) is 29.4 Å². The van der Waals surface area contributed by atoms with Crippen molar-refractivity contribution >= 4 is 37.5 Å². The van der Waals surface area contributed by atoms with Gasteiger partial charge in [-0.2, -0.15) is 0 Å². The number of carbonyl (C=O) groups excluding carboxylic acids is 1. The minimum absolute atomic E-state index is 0.0552. The van der Waals surface area contributed by atoms with Gasteiger partial charge in [-0.3, -0.25) is 4.79 Å². The van der Waals surface area contributed by atoms with Gasteiger partial charge in [0.1, 0.15) is 0 Å². The minimum Gasteiger partial charge on any atom is -0.309 e. The van der Waals surface area contributed by atoms with Crippen molar-refractivity contribution in [1.82, 2.24) is 4.31 Å². The van der Waals surface area contributed by atoms with Crippen LogP contribution in [0.5, 0.6) is 0 Å². The number of rotatable bonds is 3. The Morgan fingerprint density at radius 1 is 1.38 bits per heavy atom. The van der Waals surface area contributed by atoms with Crippen molar-refractivity contribution in [2.24, 2.45) is 5.92 Å². The summed E-state index contributed by atoms with van der Waals surface area (Å²) in [4.78, 5) is 15.0. The second-order valence-corrected chi connectivity index (χ2v) is 9.81. The lowest BCUT2D eigenvalue weighted by molar-refractivity contribution is -0.123. The summed E-state index contributed by atoms with van der Waals surface area (Å²) in [5.74, 6) is -0.109. The predicted octanol–water partition coefficient (Wildman–Crippen LogP) is 2.79.